The molecule has 1 spiro atoms. The zero-order valence-corrected chi connectivity index (χ0v) is 15.0. The van der Waals surface area contributed by atoms with E-state index in [9.17, 15) is 13.2 Å². The number of aliphatic imine (C=N–C) groups is 1. The molecular formula is C17H21F3N6O. The Hall–Kier alpha value is -2.36. The van der Waals surface area contributed by atoms with Crippen LogP contribution in [-0.2, 0) is 17.5 Å². The highest BCUT2D eigenvalue weighted by atomic mass is 19.4. The summed E-state index contributed by atoms with van der Waals surface area (Å²) >= 11 is 0. The first-order valence-corrected chi connectivity index (χ1v) is 8.84. The van der Waals surface area contributed by atoms with Crippen molar-refractivity contribution in [2.75, 3.05) is 33.4 Å². The van der Waals surface area contributed by atoms with Crippen LogP contribution in [0.5, 0.6) is 0 Å². The van der Waals surface area contributed by atoms with E-state index >= 15 is 0 Å². The van der Waals surface area contributed by atoms with Crippen LogP contribution >= 0.6 is 0 Å². The largest absolute Gasteiger partial charge is 0.417 e. The fourth-order valence-corrected chi connectivity index (χ4v) is 3.80. The van der Waals surface area contributed by atoms with Crippen LogP contribution < -0.4 is 5.32 Å². The number of ether oxygens (including phenoxy) is 1. The Bertz CT molecular complexity index is 856. The number of halogens is 3. The van der Waals surface area contributed by atoms with Crippen LogP contribution in [0.25, 0.3) is 5.65 Å². The van der Waals surface area contributed by atoms with Crippen LogP contribution in [-0.4, -0.2) is 58.8 Å². The van der Waals surface area contributed by atoms with Crippen LogP contribution in [0.3, 0.4) is 0 Å². The van der Waals surface area contributed by atoms with Gasteiger partial charge >= 0.3 is 6.18 Å². The van der Waals surface area contributed by atoms with Crippen molar-refractivity contribution in [3.05, 3.63) is 29.7 Å². The van der Waals surface area contributed by atoms with Crippen LogP contribution in [0.15, 0.2) is 23.3 Å². The number of pyridine rings is 1. The maximum Gasteiger partial charge on any atom is 0.417 e. The van der Waals surface area contributed by atoms with Crippen molar-refractivity contribution >= 4 is 11.6 Å². The average molecular weight is 382 g/mol. The first-order valence-electron chi connectivity index (χ1n) is 8.84. The molecule has 2 aromatic rings. The third-order valence-corrected chi connectivity index (χ3v) is 5.34. The fourth-order valence-electron chi connectivity index (χ4n) is 3.80. The summed E-state index contributed by atoms with van der Waals surface area (Å²) in [5.74, 6) is 1.11. The number of nitrogens with zero attached hydrogens (tertiary/aromatic N) is 5. The maximum atomic E-state index is 13.0. The lowest BCUT2D eigenvalue weighted by molar-refractivity contribution is -0.137. The topological polar surface area (TPSA) is 67.0 Å². The third kappa shape index (κ3) is 3.45. The number of fused-ring (bicyclic) bond motifs is 1. The summed E-state index contributed by atoms with van der Waals surface area (Å²) in [5, 5.41) is 11.1. The summed E-state index contributed by atoms with van der Waals surface area (Å²) in [4.78, 5) is 6.48. The smallest absolute Gasteiger partial charge is 0.381 e. The first kappa shape index (κ1) is 18.0. The Morgan fingerprint density at radius 3 is 2.89 bits per heavy atom. The molecule has 2 saturated heterocycles. The van der Waals surface area contributed by atoms with Crippen LogP contribution in [0.2, 0.25) is 0 Å². The summed E-state index contributed by atoms with van der Waals surface area (Å²) in [5.41, 5.74) is -0.165. The van der Waals surface area contributed by atoms with Crippen molar-refractivity contribution in [2.45, 2.75) is 25.6 Å². The number of alkyl halides is 3. The van der Waals surface area contributed by atoms with E-state index in [1.807, 2.05) is 0 Å². The molecule has 0 radical (unpaired) electrons. The molecule has 4 rings (SSSR count). The van der Waals surface area contributed by atoms with Crippen LogP contribution in [0.1, 0.15) is 24.2 Å². The monoisotopic (exact) mass is 382 g/mol. The highest BCUT2D eigenvalue weighted by Crippen LogP contribution is 2.38. The van der Waals surface area contributed by atoms with E-state index in [0.29, 0.717) is 17.4 Å². The van der Waals surface area contributed by atoms with Gasteiger partial charge in [0.2, 0.25) is 0 Å². The number of hydrogen-bond acceptors (Lipinski definition) is 4. The minimum atomic E-state index is -4.41. The lowest BCUT2D eigenvalue weighted by Gasteiger charge is -2.24. The second kappa shape index (κ2) is 6.66. The summed E-state index contributed by atoms with van der Waals surface area (Å²) < 4.78 is 45.8. The van der Waals surface area contributed by atoms with E-state index in [-0.39, 0.29) is 12.0 Å². The molecule has 1 unspecified atom stereocenters. The summed E-state index contributed by atoms with van der Waals surface area (Å²) in [7, 11) is 1.70. The highest BCUT2D eigenvalue weighted by molar-refractivity contribution is 5.80. The lowest BCUT2D eigenvalue weighted by atomic mass is 9.87. The van der Waals surface area contributed by atoms with Gasteiger partial charge < -0.3 is 15.0 Å². The zero-order chi connectivity index (χ0) is 19.1. The molecule has 0 aliphatic carbocycles. The number of aromatic nitrogens is 3. The van der Waals surface area contributed by atoms with Gasteiger partial charge in [0, 0.05) is 38.4 Å². The van der Waals surface area contributed by atoms with Gasteiger partial charge in [-0.2, -0.15) is 13.2 Å². The quantitative estimate of drug-likeness (QED) is 0.635. The molecule has 4 heterocycles. The zero-order valence-electron chi connectivity index (χ0n) is 15.0. The molecule has 2 fully saturated rings. The molecule has 1 atom stereocenters. The number of hydrogen-bond donors (Lipinski definition) is 1. The predicted molar refractivity (Wildman–Crippen MR) is 92.2 cm³/mol. The standard InChI is InChI=1S/C17H21F3N6O/c1-21-15(25-6-4-16(10-25)5-7-27-11-16)22-8-14-24-23-13-3-2-12(9-26(13)14)17(18,19)20/h2-3,9H,4-8,10-11H2,1H3,(H,21,22). The molecule has 0 bridgehead atoms. The van der Waals surface area contributed by atoms with Crippen molar-refractivity contribution < 1.29 is 17.9 Å². The van der Waals surface area contributed by atoms with Crippen LogP contribution in [0.4, 0.5) is 13.2 Å². The molecule has 1 N–H and O–H groups in total. The van der Waals surface area contributed by atoms with Gasteiger partial charge in [-0.05, 0) is 25.0 Å². The summed E-state index contributed by atoms with van der Waals surface area (Å²) in [6.45, 7) is 3.55. The maximum absolute atomic E-state index is 13.0. The minimum absolute atomic E-state index is 0.195. The van der Waals surface area contributed by atoms with E-state index in [0.717, 1.165) is 51.4 Å². The lowest BCUT2D eigenvalue weighted by Crippen LogP contribution is -2.41. The Morgan fingerprint density at radius 2 is 2.19 bits per heavy atom. The van der Waals surface area contributed by atoms with E-state index < -0.39 is 11.7 Å². The van der Waals surface area contributed by atoms with Crippen molar-refractivity contribution in [1.82, 2.24) is 24.8 Å². The Kier molecular flexibility index (Phi) is 4.45. The Balaban J connectivity index is 1.47. The first-order chi connectivity index (χ1) is 12.9. The van der Waals surface area contributed by atoms with Crippen molar-refractivity contribution in [3.63, 3.8) is 0 Å². The average Bonchev–Trinajstić information content (AvgIpc) is 3.36. The van der Waals surface area contributed by atoms with Gasteiger partial charge in [-0.1, -0.05) is 0 Å². The van der Waals surface area contributed by atoms with Crippen molar-refractivity contribution in [1.29, 1.82) is 0 Å². The van der Waals surface area contributed by atoms with E-state index in [1.165, 1.54) is 10.5 Å². The molecule has 2 aliphatic heterocycles. The van der Waals surface area contributed by atoms with Gasteiger partial charge in [-0.3, -0.25) is 9.39 Å². The molecule has 2 aromatic heterocycles. The van der Waals surface area contributed by atoms with Crippen LogP contribution in [0, 0.1) is 5.41 Å². The molecule has 146 valence electrons. The SMILES string of the molecule is CN=C(NCc1nnc2ccc(C(F)(F)F)cn12)N1CCC2(CCOC2)C1. The van der Waals surface area contributed by atoms with Gasteiger partial charge in [0.25, 0.3) is 0 Å². The van der Waals surface area contributed by atoms with Gasteiger partial charge in [0.1, 0.15) is 0 Å². The van der Waals surface area contributed by atoms with E-state index in [4.69, 9.17) is 4.74 Å². The highest BCUT2D eigenvalue weighted by Gasteiger charge is 2.42. The van der Waals surface area contributed by atoms with E-state index in [1.54, 1.807) is 7.05 Å². The number of nitrogens with one attached hydrogen (secondary N) is 1. The van der Waals surface area contributed by atoms with Gasteiger partial charge in [-0.15, -0.1) is 10.2 Å². The third-order valence-electron chi connectivity index (χ3n) is 5.34. The summed E-state index contributed by atoms with van der Waals surface area (Å²) in [6.07, 6.45) is -1.28. The van der Waals surface area contributed by atoms with Crippen molar-refractivity contribution in [2.24, 2.45) is 10.4 Å². The predicted octanol–water partition coefficient (Wildman–Crippen LogP) is 1.94. The second-order valence-electron chi connectivity index (χ2n) is 7.13. The van der Waals surface area contributed by atoms with E-state index in [2.05, 4.69) is 25.4 Å². The molecule has 2 aliphatic rings. The van der Waals surface area contributed by atoms with Crippen molar-refractivity contribution in [3.8, 4) is 0 Å². The van der Waals surface area contributed by atoms with Gasteiger partial charge in [-0.25, -0.2) is 0 Å². The number of guanidine groups is 1. The molecule has 0 amide bonds. The minimum Gasteiger partial charge on any atom is -0.381 e. The molecule has 10 heteroatoms. The molecule has 7 nitrogen and oxygen atoms in total. The van der Waals surface area contributed by atoms with Gasteiger partial charge in [0.15, 0.2) is 17.4 Å². The summed E-state index contributed by atoms with van der Waals surface area (Å²) in [6, 6.07) is 2.33. The molecule has 0 aromatic carbocycles. The molecule has 0 saturated carbocycles. The molecule has 27 heavy (non-hydrogen) atoms. The Morgan fingerprint density at radius 1 is 1.33 bits per heavy atom. The van der Waals surface area contributed by atoms with Gasteiger partial charge in [0.05, 0.1) is 18.7 Å². The molecular weight excluding hydrogens is 361 g/mol. The second-order valence-corrected chi connectivity index (χ2v) is 7.13. The fraction of sp³-hybridized carbons (Fsp3) is 0.588. The Labute approximate surface area is 154 Å². The number of rotatable bonds is 2. The number of likely N-dealkylation sites (tertiary alicyclic amines) is 1. The normalized spacial score (nSPS) is 23.7.